The largest absolute Gasteiger partial charge is 0.465 e. The number of carbonyl (C=O) groups is 2. The van der Waals surface area contributed by atoms with Crippen molar-refractivity contribution >= 4 is 23.3 Å². The highest BCUT2D eigenvalue weighted by Gasteiger charge is 2.11. The molecule has 0 aliphatic carbocycles. The van der Waals surface area contributed by atoms with Crippen LogP contribution in [-0.4, -0.2) is 19.0 Å². The topological polar surface area (TPSA) is 105 Å². The van der Waals surface area contributed by atoms with Gasteiger partial charge in [0.2, 0.25) is 0 Å². The molecule has 22 heavy (non-hydrogen) atoms. The number of hydrogen-bond donors (Lipinski definition) is 2. The van der Waals surface area contributed by atoms with E-state index in [1.165, 1.54) is 25.3 Å². The van der Waals surface area contributed by atoms with Crippen molar-refractivity contribution in [1.82, 2.24) is 0 Å². The number of carbonyl (C=O) groups excluding carboxylic acids is 2. The average Bonchev–Trinajstić information content (AvgIpc) is 2.54. The number of hydrogen-bond acceptors (Lipinski definition) is 5. The number of nitrogens with one attached hydrogen (secondary N) is 1. The number of methoxy groups -OCH3 is 1. The van der Waals surface area contributed by atoms with Gasteiger partial charge < -0.3 is 15.8 Å². The first kappa shape index (κ1) is 15.1. The fourth-order valence-electron chi connectivity index (χ4n) is 1.84. The van der Waals surface area contributed by atoms with Crippen molar-refractivity contribution in [2.45, 2.75) is 0 Å². The van der Waals surface area contributed by atoms with E-state index in [9.17, 15) is 9.59 Å². The minimum Gasteiger partial charge on any atom is -0.465 e. The minimum absolute atomic E-state index is 0.225. The highest BCUT2D eigenvalue weighted by molar-refractivity contribution is 6.08. The van der Waals surface area contributed by atoms with Crippen LogP contribution in [0.3, 0.4) is 0 Å². The van der Waals surface area contributed by atoms with Gasteiger partial charge in [0.1, 0.15) is 0 Å². The van der Waals surface area contributed by atoms with Gasteiger partial charge in [-0.25, -0.2) is 4.79 Å². The van der Waals surface area contributed by atoms with Crippen LogP contribution >= 0.6 is 0 Å². The Bertz CT molecular complexity index is 761. The van der Waals surface area contributed by atoms with Crippen molar-refractivity contribution in [3.8, 4) is 6.07 Å². The zero-order valence-corrected chi connectivity index (χ0v) is 11.8. The van der Waals surface area contributed by atoms with Gasteiger partial charge in [-0.2, -0.15) is 5.26 Å². The molecule has 6 nitrogen and oxygen atoms in total. The van der Waals surface area contributed by atoms with Gasteiger partial charge in [-0.3, -0.25) is 4.79 Å². The average molecular weight is 295 g/mol. The zero-order valence-electron chi connectivity index (χ0n) is 11.8. The van der Waals surface area contributed by atoms with E-state index in [4.69, 9.17) is 11.0 Å². The van der Waals surface area contributed by atoms with Crippen LogP contribution in [0.15, 0.2) is 42.5 Å². The van der Waals surface area contributed by atoms with Gasteiger partial charge in [0.25, 0.3) is 5.91 Å². The summed E-state index contributed by atoms with van der Waals surface area (Å²) in [5.74, 6) is -0.845. The van der Waals surface area contributed by atoms with Crippen molar-refractivity contribution in [1.29, 1.82) is 5.26 Å². The van der Waals surface area contributed by atoms with Crippen LogP contribution in [0.25, 0.3) is 0 Å². The molecule has 0 aliphatic heterocycles. The summed E-state index contributed by atoms with van der Waals surface area (Å²) in [5, 5.41) is 11.4. The second-order valence-electron chi connectivity index (χ2n) is 4.44. The number of ether oxygens (including phenoxy) is 1. The molecule has 0 aromatic heterocycles. The van der Waals surface area contributed by atoms with Crippen molar-refractivity contribution in [2.24, 2.45) is 0 Å². The highest BCUT2D eigenvalue weighted by atomic mass is 16.5. The van der Waals surface area contributed by atoms with Gasteiger partial charge in [-0.15, -0.1) is 0 Å². The number of nitrogens with zero attached hydrogens (tertiary/aromatic N) is 1. The second kappa shape index (κ2) is 6.41. The van der Waals surface area contributed by atoms with Crippen molar-refractivity contribution in [2.75, 3.05) is 18.2 Å². The Balaban J connectivity index is 2.15. The lowest BCUT2D eigenvalue weighted by molar-refractivity contribution is 0.0600. The summed E-state index contributed by atoms with van der Waals surface area (Å²) in [6, 6.07) is 12.7. The minimum atomic E-state index is -0.450. The normalized spacial score (nSPS) is 9.64. The molecule has 0 spiro atoms. The number of rotatable bonds is 3. The standard InChI is InChI=1S/C16H13N3O3/c1-22-16(21)11-3-5-12(6-4-11)19-15(20)13-7-2-10(9-17)8-14(13)18/h2-8H,18H2,1H3,(H,19,20). The number of esters is 1. The number of nitriles is 1. The van der Waals surface area contributed by atoms with E-state index in [0.717, 1.165) is 0 Å². The van der Waals surface area contributed by atoms with Crippen molar-refractivity contribution in [3.63, 3.8) is 0 Å². The number of benzene rings is 2. The molecule has 0 heterocycles. The van der Waals surface area contributed by atoms with E-state index in [1.54, 1.807) is 24.3 Å². The maximum absolute atomic E-state index is 12.1. The van der Waals surface area contributed by atoms with E-state index in [-0.39, 0.29) is 11.3 Å². The number of anilines is 2. The molecule has 0 fully saturated rings. The summed E-state index contributed by atoms with van der Waals surface area (Å²) in [6.07, 6.45) is 0. The summed E-state index contributed by atoms with van der Waals surface area (Å²) in [4.78, 5) is 23.5. The third kappa shape index (κ3) is 3.22. The molecule has 0 unspecified atom stereocenters. The first-order valence-electron chi connectivity index (χ1n) is 6.34. The Hall–Kier alpha value is -3.33. The van der Waals surface area contributed by atoms with Gasteiger partial charge in [0.15, 0.2) is 0 Å². The molecular formula is C16H13N3O3. The molecule has 0 radical (unpaired) electrons. The lowest BCUT2D eigenvalue weighted by Gasteiger charge is -2.08. The predicted molar refractivity (Wildman–Crippen MR) is 81.3 cm³/mol. The summed E-state index contributed by atoms with van der Waals surface area (Å²) in [6.45, 7) is 0. The summed E-state index contributed by atoms with van der Waals surface area (Å²) in [5.41, 5.74) is 7.55. The molecule has 0 aliphatic rings. The Morgan fingerprint density at radius 2 is 1.86 bits per heavy atom. The molecule has 0 bridgehead atoms. The Kier molecular flexibility index (Phi) is 4.39. The lowest BCUT2D eigenvalue weighted by atomic mass is 10.1. The Morgan fingerprint density at radius 1 is 1.18 bits per heavy atom. The predicted octanol–water partition coefficient (Wildman–Crippen LogP) is 2.18. The van der Waals surface area contributed by atoms with E-state index in [2.05, 4.69) is 10.1 Å². The van der Waals surface area contributed by atoms with E-state index in [1.807, 2.05) is 6.07 Å². The SMILES string of the molecule is COC(=O)c1ccc(NC(=O)c2ccc(C#N)cc2N)cc1. The van der Waals surface area contributed by atoms with Crippen LogP contribution in [-0.2, 0) is 4.74 Å². The first-order chi connectivity index (χ1) is 10.5. The molecule has 110 valence electrons. The second-order valence-corrected chi connectivity index (χ2v) is 4.44. The van der Waals surface area contributed by atoms with Gasteiger partial charge in [0, 0.05) is 11.4 Å². The molecule has 0 saturated carbocycles. The molecule has 0 saturated heterocycles. The van der Waals surface area contributed by atoms with Crippen molar-refractivity contribution in [3.05, 3.63) is 59.2 Å². The Labute approximate surface area is 127 Å². The number of nitrogen functional groups attached to an aromatic ring is 1. The van der Waals surface area contributed by atoms with Gasteiger partial charge in [-0.1, -0.05) is 0 Å². The van der Waals surface area contributed by atoms with Crippen LogP contribution < -0.4 is 11.1 Å². The third-order valence-electron chi connectivity index (χ3n) is 2.99. The Morgan fingerprint density at radius 3 is 2.41 bits per heavy atom. The quantitative estimate of drug-likeness (QED) is 0.667. The van der Waals surface area contributed by atoms with Crippen LogP contribution in [0, 0.1) is 11.3 Å². The lowest BCUT2D eigenvalue weighted by Crippen LogP contribution is -2.14. The molecule has 2 aromatic rings. The van der Waals surface area contributed by atoms with Crippen LogP contribution in [0.1, 0.15) is 26.3 Å². The van der Waals surface area contributed by atoms with Gasteiger partial charge in [0.05, 0.1) is 29.9 Å². The smallest absolute Gasteiger partial charge is 0.337 e. The first-order valence-corrected chi connectivity index (χ1v) is 6.34. The highest BCUT2D eigenvalue weighted by Crippen LogP contribution is 2.17. The number of amides is 1. The fourth-order valence-corrected chi connectivity index (χ4v) is 1.84. The zero-order chi connectivity index (χ0) is 16.1. The molecule has 0 atom stereocenters. The number of nitrogens with two attached hydrogens (primary N) is 1. The molecule has 2 aromatic carbocycles. The summed E-state index contributed by atoms with van der Waals surface area (Å²) < 4.78 is 4.59. The van der Waals surface area contributed by atoms with Crippen LogP contribution in [0.4, 0.5) is 11.4 Å². The van der Waals surface area contributed by atoms with E-state index in [0.29, 0.717) is 16.8 Å². The molecular weight excluding hydrogens is 282 g/mol. The molecule has 3 N–H and O–H groups in total. The maximum Gasteiger partial charge on any atom is 0.337 e. The molecule has 1 amide bonds. The van der Waals surface area contributed by atoms with Gasteiger partial charge >= 0.3 is 5.97 Å². The molecule has 2 rings (SSSR count). The van der Waals surface area contributed by atoms with Crippen LogP contribution in [0.2, 0.25) is 0 Å². The van der Waals surface area contributed by atoms with E-state index < -0.39 is 11.9 Å². The third-order valence-corrected chi connectivity index (χ3v) is 2.99. The summed E-state index contributed by atoms with van der Waals surface area (Å²) >= 11 is 0. The van der Waals surface area contributed by atoms with Crippen LogP contribution in [0.5, 0.6) is 0 Å². The fraction of sp³-hybridized carbons (Fsp3) is 0.0625. The monoisotopic (exact) mass is 295 g/mol. The van der Waals surface area contributed by atoms with Gasteiger partial charge in [-0.05, 0) is 42.5 Å². The van der Waals surface area contributed by atoms with Crippen molar-refractivity contribution < 1.29 is 14.3 Å². The molecule has 6 heteroatoms. The maximum atomic E-state index is 12.1. The summed E-state index contributed by atoms with van der Waals surface area (Å²) in [7, 11) is 1.30. The van der Waals surface area contributed by atoms with E-state index >= 15 is 0 Å².